The van der Waals surface area contributed by atoms with Gasteiger partial charge in [-0.25, -0.2) is 0 Å². The van der Waals surface area contributed by atoms with E-state index < -0.39 is 8.80 Å². The van der Waals surface area contributed by atoms with Gasteiger partial charge in [0.1, 0.15) is 0 Å². The van der Waals surface area contributed by atoms with E-state index in [1.54, 1.807) is 21.3 Å². The molecule has 1 atom stereocenters. The van der Waals surface area contributed by atoms with E-state index in [1.807, 2.05) is 14.1 Å². The molecule has 0 radical (unpaired) electrons. The summed E-state index contributed by atoms with van der Waals surface area (Å²) in [5.74, 6) is 0. The van der Waals surface area contributed by atoms with Crippen LogP contribution in [0.3, 0.4) is 0 Å². The Morgan fingerprint density at radius 3 is 2.00 bits per heavy atom. The van der Waals surface area contributed by atoms with E-state index >= 15 is 0 Å². The highest BCUT2D eigenvalue weighted by Crippen LogP contribution is 2.17. The van der Waals surface area contributed by atoms with Crippen LogP contribution in [0.1, 0.15) is 19.3 Å². The smallest absolute Gasteiger partial charge is 0.377 e. The van der Waals surface area contributed by atoms with Gasteiger partial charge in [0, 0.05) is 33.4 Å². The fourth-order valence-corrected chi connectivity index (χ4v) is 3.62. The second-order valence-electron chi connectivity index (χ2n) is 4.07. The number of rotatable bonds is 11. The molecule has 1 unspecified atom stereocenters. The molecular formula is C11H28N2O3Si. The predicted molar refractivity (Wildman–Crippen MR) is 72.2 cm³/mol. The average molecular weight is 264 g/mol. The van der Waals surface area contributed by atoms with Crippen LogP contribution in [0, 0.1) is 0 Å². The third-order valence-electron chi connectivity index (χ3n) is 3.12. The molecule has 0 aromatic rings. The Labute approximate surface area is 107 Å². The zero-order valence-electron chi connectivity index (χ0n) is 11.8. The normalized spacial score (nSPS) is 13.9. The summed E-state index contributed by atoms with van der Waals surface area (Å²) in [6.45, 7) is 1.03. The van der Waals surface area contributed by atoms with E-state index in [2.05, 4.69) is 10.6 Å². The first-order valence-electron chi connectivity index (χ1n) is 6.15. The first kappa shape index (κ1) is 17.0. The molecule has 0 aromatic carbocycles. The van der Waals surface area contributed by atoms with E-state index in [0.29, 0.717) is 6.04 Å². The maximum atomic E-state index is 5.39. The van der Waals surface area contributed by atoms with E-state index in [1.165, 1.54) is 0 Å². The summed E-state index contributed by atoms with van der Waals surface area (Å²) in [5.41, 5.74) is 0. The molecule has 0 aliphatic heterocycles. The van der Waals surface area contributed by atoms with Gasteiger partial charge in [0.05, 0.1) is 0 Å². The van der Waals surface area contributed by atoms with Gasteiger partial charge in [0.2, 0.25) is 0 Å². The largest absolute Gasteiger partial charge is 0.500 e. The summed E-state index contributed by atoms with van der Waals surface area (Å²) in [6, 6.07) is 1.41. The molecule has 0 aliphatic rings. The Balaban J connectivity index is 3.92. The first-order chi connectivity index (χ1) is 8.17. The van der Waals surface area contributed by atoms with Gasteiger partial charge in [-0.1, -0.05) is 0 Å². The Bertz CT molecular complexity index is 172. The zero-order chi connectivity index (χ0) is 13.1. The molecule has 0 rings (SSSR count). The second-order valence-corrected chi connectivity index (χ2v) is 7.16. The van der Waals surface area contributed by atoms with Gasteiger partial charge < -0.3 is 23.9 Å². The quantitative estimate of drug-likeness (QED) is 0.542. The highest BCUT2D eigenvalue weighted by molar-refractivity contribution is 6.60. The summed E-state index contributed by atoms with van der Waals surface area (Å²) >= 11 is 0. The summed E-state index contributed by atoms with van der Waals surface area (Å²) in [5, 5.41) is 6.50. The minimum Gasteiger partial charge on any atom is -0.377 e. The highest BCUT2D eigenvalue weighted by atomic mass is 28.4. The van der Waals surface area contributed by atoms with Crippen LogP contribution in [0.25, 0.3) is 0 Å². The van der Waals surface area contributed by atoms with Crippen molar-refractivity contribution in [3.05, 3.63) is 0 Å². The number of nitrogens with one attached hydrogen (secondary N) is 2. The summed E-state index contributed by atoms with van der Waals surface area (Å²) in [4.78, 5) is 0. The zero-order valence-corrected chi connectivity index (χ0v) is 12.8. The van der Waals surface area contributed by atoms with Gasteiger partial charge >= 0.3 is 8.80 Å². The van der Waals surface area contributed by atoms with Crippen molar-refractivity contribution >= 4 is 8.80 Å². The maximum absolute atomic E-state index is 5.39. The van der Waals surface area contributed by atoms with Gasteiger partial charge in [-0.05, 0) is 39.9 Å². The Kier molecular flexibility index (Phi) is 10.00. The van der Waals surface area contributed by atoms with Crippen molar-refractivity contribution in [1.29, 1.82) is 0 Å². The molecule has 0 saturated heterocycles. The number of hydrogen-bond acceptors (Lipinski definition) is 5. The van der Waals surface area contributed by atoms with Gasteiger partial charge in [-0.15, -0.1) is 0 Å². The summed E-state index contributed by atoms with van der Waals surface area (Å²) < 4.78 is 16.2. The van der Waals surface area contributed by atoms with Crippen LogP contribution in [0.2, 0.25) is 6.04 Å². The van der Waals surface area contributed by atoms with Crippen molar-refractivity contribution < 1.29 is 13.3 Å². The van der Waals surface area contributed by atoms with E-state index in [9.17, 15) is 0 Å². The van der Waals surface area contributed by atoms with Gasteiger partial charge in [-0.3, -0.25) is 0 Å². The lowest BCUT2D eigenvalue weighted by atomic mass is 10.1. The molecule has 0 aromatic heterocycles. The molecule has 0 spiro atoms. The van der Waals surface area contributed by atoms with Crippen LogP contribution in [0.4, 0.5) is 0 Å². The summed E-state index contributed by atoms with van der Waals surface area (Å²) in [7, 11) is 6.60. The fraction of sp³-hybridized carbons (Fsp3) is 1.00. The molecular weight excluding hydrogens is 236 g/mol. The van der Waals surface area contributed by atoms with E-state index in [-0.39, 0.29) is 0 Å². The molecule has 6 heteroatoms. The van der Waals surface area contributed by atoms with E-state index in [0.717, 1.165) is 31.9 Å². The lowest BCUT2D eigenvalue weighted by Gasteiger charge is -2.25. The van der Waals surface area contributed by atoms with Crippen molar-refractivity contribution in [1.82, 2.24) is 10.6 Å². The molecule has 2 N–H and O–H groups in total. The predicted octanol–water partition coefficient (Wildman–Crippen LogP) is 0.842. The van der Waals surface area contributed by atoms with Crippen molar-refractivity contribution in [2.24, 2.45) is 0 Å². The molecule has 0 amide bonds. The maximum Gasteiger partial charge on any atom is 0.500 e. The lowest BCUT2D eigenvalue weighted by Crippen LogP contribution is -2.43. The van der Waals surface area contributed by atoms with Gasteiger partial charge in [-0.2, -0.15) is 0 Å². The SMILES string of the molecule is CNCCC(CCC[Si](OC)(OC)OC)NC. The van der Waals surface area contributed by atoms with Gasteiger partial charge in [0.25, 0.3) is 0 Å². The molecule has 0 heterocycles. The van der Waals surface area contributed by atoms with Crippen LogP contribution >= 0.6 is 0 Å². The van der Waals surface area contributed by atoms with Crippen LogP contribution in [-0.4, -0.2) is 56.8 Å². The molecule has 104 valence electrons. The molecule has 0 saturated carbocycles. The van der Waals surface area contributed by atoms with Crippen LogP contribution in [0.15, 0.2) is 0 Å². The molecule has 0 fully saturated rings. The van der Waals surface area contributed by atoms with Crippen molar-refractivity contribution in [3.63, 3.8) is 0 Å². The van der Waals surface area contributed by atoms with Crippen molar-refractivity contribution in [2.75, 3.05) is 42.0 Å². The second kappa shape index (κ2) is 9.99. The average Bonchev–Trinajstić information content (AvgIpc) is 2.39. The van der Waals surface area contributed by atoms with Gasteiger partial charge in [0.15, 0.2) is 0 Å². The molecule has 17 heavy (non-hydrogen) atoms. The Morgan fingerprint density at radius 2 is 1.59 bits per heavy atom. The first-order valence-corrected chi connectivity index (χ1v) is 8.08. The lowest BCUT2D eigenvalue weighted by molar-refractivity contribution is 0.122. The third kappa shape index (κ3) is 6.49. The van der Waals surface area contributed by atoms with Crippen molar-refractivity contribution in [2.45, 2.75) is 31.3 Å². The third-order valence-corrected chi connectivity index (χ3v) is 5.95. The van der Waals surface area contributed by atoms with Crippen LogP contribution < -0.4 is 10.6 Å². The summed E-state index contributed by atoms with van der Waals surface area (Å²) in [6.07, 6.45) is 3.30. The van der Waals surface area contributed by atoms with Crippen molar-refractivity contribution in [3.8, 4) is 0 Å². The standard InChI is InChI=1S/C11H28N2O3Si/c1-12-9-8-11(13-2)7-6-10-17(14-3,15-4)16-5/h11-13H,6-10H2,1-5H3. The van der Waals surface area contributed by atoms with E-state index in [4.69, 9.17) is 13.3 Å². The highest BCUT2D eigenvalue weighted by Gasteiger charge is 2.36. The topological polar surface area (TPSA) is 51.8 Å². The minimum absolute atomic E-state index is 0.541. The van der Waals surface area contributed by atoms with Crippen LogP contribution in [0.5, 0.6) is 0 Å². The molecule has 0 aliphatic carbocycles. The molecule has 5 nitrogen and oxygen atoms in total. The molecule has 0 bridgehead atoms. The monoisotopic (exact) mass is 264 g/mol. The Morgan fingerprint density at radius 1 is 1.00 bits per heavy atom. The van der Waals surface area contributed by atoms with Crippen LogP contribution in [-0.2, 0) is 13.3 Å². The number of hydrogen-bond donors (Lipinski definition) is 2. The minimum atomic E-state index is -2.37. The Hall–Kier alpha value is 0.0169. The fourth-order valence-electron chi connectivity index (χ4n) is 1.87.